The lowest BCUT2D eigenvalue weighted by Crippen LogP contribution is -2.50. The van der Waals surface area contributed by atoms with Crippen molar-refractivity contribution in [1.29, 1.82) is 0 Å². The predicted molar refractivity (Wildman–Crippen MR) is 62.2 cm³/mol. The Labute approximate surface area is 112 Å². The molecule has 8 heteroatoms. The van der Waals surface area contributed by atoms with Crippen molar-refractivity contribution in [3.8, 4) is 5.75 Å². The van der Waals surface area contributed by atoms with E-state index in [9.17, 15) is 18.0 Å². The lowest BCUT2D eigenvalue weighted by molar-refractivity contribution is -0.138. The predicted octanol–water partition coefficient (Wildman–Crippen LogP) is 3.78. The average molecular weight is 377 g/mol. The lowest BCUT2D eigenvalue weighted by Gasteiger charge is -2.24. The quantitative estimate of drug-likeness (QED) is 0.630. The van der Waals surface area contributed by atoms with Crippen molar-refractivity contribution in [2.45, 2.75) is 9.53 Å². The van der Waals surface area contributed by atoms with Crippen LogP contribution in [-0.2, 0) is 0 Å². The number of para-hydroxylation sites is 1. The number of halogens is 5. The summed E-state index contributed by atoms with van der Waals surface area (Å²) in [7, 11) is 0. The van der Waals surface area contributed by atoms with Crippen LogP contribution in [0, 0.1) is 0 Å². The molecule has 1 amide bonds. The number of carbonyl (C=O) groups is 1. The van der Waals surface area contributed by atoms with Gasteiger partial charge in [-0.05, 0) is 44.0 Å². The summed E-state index contributed by atoms with van der Waals surface area (Å²) < 4.78 is 39.0. The highest BCUT2D eigenvalue weighted by Gasteiger charge is 2.53. The van der Waals surface area contributed by atoms with Crippen LogP contribution in [-0.4, -0.2) is 15.6 Å². The Morgan fingerprint density at radius 3 is 2.18 bits per heavy atom. The molecule has 0 heterocycles. The molecular formula is C9H6Br2F3NO2. The molecule has 0 aliphatic heterocycles. The van der Waals surface area contributed by atoms with Crippen molar-refractivity contribution in [3.63, 3.8) is 0 Å². The Morgan fingerprint density at radius 2 is 1.71 bits per heavy atom. The summed E-state index contributed by atoms with van der Waals surface area (Å²) in [5, 5.41) is 1.59. The molecular weight excluding hydrogens is 371 g/mol. The first kappa shape index (κ1) is 14.3. The number of hydrogen-bond acceptors (Lipinski definition) is 2. The van der Waals surface area contributed by atoms with Crippen molar-refractivity contribution in [2.75, 3.05) is 0 Å². The number of hydrogen-bond donors (Lipinski definition) is 1. The maximum atomic E-state index is 12.4. The minimum absolute atomic E-state index is 0.142. The summed E-state index contributed by atoms with van der Waals surface area (Å²) in [4.78, 5) is 11.2. The van der Waals surface area contributed by atoms with E-state index in [1.54, 1.807) is 23.5 Å². The molecule has 0 atom stereocenters. The molecule has 0 aliphatic rings. The molecule has 0 spiro atoms. The first-order chi connectivity index (χ1) is 7.72. The number of amides is 1. The van der Waals surface area contributed by atoms with Crippen LogP contribution in [0.5, 0.6) is 5.75 Å². The SMILES string of the molecule is O=C(NC(Br)(Br)C(F)(F)F)Oc1ccccc1. The number of rotatable bonds is 2. The van der Waals surface area contributed by atoms with Gasteiger partial charge in [-0.1, -0.05) is 18.2 Å². The fourth-order valence-corrected chi connectivity index (χ4v) is 1.14. The van der Waals surface area contributed by atoms with Crippen LogP contribution < -0.4 is 10.1 Å². The third kappa shape index (κ3) is 4.19. The lowest BCUT2D eigenvalue weighted by atomic mass is 10.3. The van der Waals surface area contributed by atoms with E-state index in [0.29, 0.717) is 0 Å². The van der Waals surface area contributed by atoms with E-state index in [1.807, 2.05) is 0 Å². The molecule has 94 valence electrons. The second-order valence-electron chi connectivity index (χ2n) is 2.90. The third-order valence-electron chi connectivity index (χ3n) is 1.57. The van der Waals surface area contributed by atoms with E-state index in [-0.39, 0.29) is 5.75 Å². The van der Waals surface area contributed by atoms with E-state index in [4.69, 9.17) is 0 Å². The van der Waals surface area contributed by atoms with Crippen LogP contribution in [0.2, 0.25) is 0 Å². The molecule has 1 rings (SSSR count). The number of ether oxygens (including phenoxy) is 1. The summed E-state index contributed by atoms with van der Waals surface area (Å²) in [5.74, 6) is 0.142. The number of alkyl halides is 5. The van der Waals surface area contributed by atoms with Crippen molar-refractivity contribution in [3.05, 3.63) is 30.3 Å². The van der Waals surface area contributed by atoms with Crippen LogP contribution >= 0.6 is 31.9 Å². The summed E-state index contributed by atoms with van der Waals surface area (Å²) in [6.45, 7) is 0. The fraction of sp³-hybridized carbons (Fsp3) is 0.222. The van der Waals surface area contributed by atoms with E-state index in [0.717, 1.165) is 0 Å². The number of benzene rings is 1. The van der Waals surface area contributed by atoms with Crippen molar-refractivity contribution in [1.82, 2.24) is 5.32 Å². The molecule has 0 unspecified atom stereocenters. The van der Waals surface area contributed by atoms with Gasteiger partial charge in [0.25, 0.3) is 0 Å². The number of carbonyl (C=O) groups excluding carboxylic acids is 1. The summed E-state index contributed by atoms with van der Waals surface area (Å²) >= 11 is 4.59. The molecule has 0 saturated carbocycles. The topological polar surface area (TPSA) is 38.3 Å². The molecule has 0 aromatic heterocycles. The monoisotopic (exact) mass is 375 g/mol. The van der Waals surface area contributed by atoms with Crippen molar-refractivity contribution < 1.29 is 22.7 Å². The van der Waals surface area contributed by atoms with Crippen molar-refractivity contribution in [2.24, 2.45) is 0 Å². The maximum Gasteiger partial charge on any atom is 0.432 e. The van der Waals surface area contributed by atoms with E-state index in [1.165, 1.54) is 12.1 Å². The highest BCUT2D eigenvalue weighted by atomic mass is 79.9. The zero-order valence-corrected chi connectivity index (χ0v) is 11.3. The van der Waals surface area contributed by atoms with Gasteiger partial charge in [-0.2, -0.15) is 13.2 Å². The van der Waals surface area contributed by atoms with Gasteiger partial charge in [-0.25, -0.2) is 4.79 Å². The smallest absolute Gasteiger partial charge is 0.410 e. The molecule has 0 fully saturated rings. The van der Waals surface area contributed by atoms with Crippen LogP contribution in [0.1, 0.15) is 0 Å². The zero-order chi connectivity index (χ0) is 13.1. The highest BCUT2D eigenvalue weighted by Crippen LogP contribution is 2.40. The van der Waals surface area contributed by atoms with E-state index >= 15 is 0 Å². The van der Waals surface area contributed by atoms with Gasteiger partial charge < -0.3 is 4.74 Å². The minimum Gasteiger partial charge on any atom is -0.410 e. The summed E-state index contributed by atoms with van der Waals surface area (Å²) in [6, 6.07) is 7.73. The average Bonchev–Trinajstić information content (AvgIpc) is 2.16. The second kappa shape index (κ2) is 5.26. The first-order valence-electron chi connectivity index (χ1n) is 4.22. The van der Waals surface area contributed by atoms with Crippen LogP contribution in [0.3, 0.4) is 0 Å². The molecule has 1 aromatic carbocycles. The molecule has 1 aromatic rings. The molecule has 0 aliphatic carbocycles. The van der Waals surface area contributed by atoms with Gasteiger partial charge in [0.05, 0.1) is 0 Å². The Balaban J connectivity index is 2.62. The van der Waals surface area contributed by atoms with Crippen LogP contribution in [0.15, 0.2) is 30.3 Å². The Hall–Kier alpha value is -0.760. The molecule has 0 saturated heterocycles. The van der Waals surface area contributed by atoms with Gasteiger partial charge in [0, 0.05) is 0 Å². The van der Waals surface area contributed by atoms with Gasteiger partial charge in [0.2, 0.25) is 3.36 Å². The molecule has 3 nitrogen and oxygen atoms in total. The fourth-order valence-electron chi connectivity index (χ4n) is 0.820. The zero-order valence-electron chi connectivity index (χ0n) is 8.09. The maximum absolute atomic E-state index is 12.4. The van der Waals surface area contributed by atoms with E-state index < -0.39 is 15.6 Å². The molecule has 0 bridgehead atoms. The Morgan fingerprint density at radius 1 is 1.18 bits per heavy atom. The Bertz CT molecular complexity index is 395. The summed E-state index contributed by atoms with van der Waals surface area (Å²) in [6.07, 6.45) is -5.94. The standard InChI is InChI=1S/C9H6Br2F3NO2/c10-8(11,9(12,13)14)15-7(16)17-6-4-2-1-3-5-6/h1-5H,(H,15,16). The van der Waals surface area contributed by atoms with Crippen LogP contribution in [0.4, 0.5) is 18.0 Å². The van der Waals surface area contributed by atoms with Crippen molar-refractivity contribution >= 4 is 38.0 Å². The third-order valence-corrected chi connectivity index (χ3v) is 2.86. The van der Waals surface area contributed by atoms with Gasteiger partial charge in [0.1, 0.15) is 5.75 Å². The van der Waals surface area contributed by atoms with Gasteiger partial charge in [-0.3, -0.25) is 5.32 Å². The second-order valence-corrected chi connectivity index (χ2v) is 6.34. The molecule has 1 N–H and O–H groups in total. The number of nitrogens with one attached hydrogen (secondary N) is 1. The van der Waals surface area contributed by atoms with Gasteiger partial charge >= 0.3 is 12.3 Å². The summed E-state index contributed by atoms with van der Waals surface area (Å²) in [5.41, 5.74) is 0. The highest BCUT2D eigenvalue weighted by molar-refractivity contribution is 9.25. The van der Waals surface area contributed by atoms with Gasteiger partial charge in [-0.15, -0.1) is 0 Å². The minimum atomic E-state index is -4.71. The van der Waals surface area contributed by atoms with Gasteiger partial charge in [0.15, 0.2) is 0 Å². The first-order valence-corrected chi connectivity index (χ1v) is 5.80. The largest absolute Gasteiger partial charge is 0.432 e. The molecule has 17 heavy (non-hydrogen) atoms. The van der Waals surface area contributed by atoms with E-state index in [2.05, 4.69) is 36.6 Å². The molecule has 0 radical (unpaired) electrons. The Kier molecular flexibility index (Phi) is 4.42. The normalized spacial score (nSPS) is 12.1. The van der Waals surface area contributed by atoms with Crippen LogP contribution in [0.25, 0.3) is 0 Å².